The quantitative estimate of drug-likeness (QED) is 0.436. The van der Waals surface area contributed by atoms with Crippen molar-refractivity contribution in [1.29, 1.82) is 0 Å². The molecule has 0 aliphatic heterocycles. The molecule has 0 heterocycles. The molecule has 3 aromatic carbocycles. The average Bonchev–Trinajstić information content (AvgIpc) is 2.86. The summed E-state index contributed by atoms with van der Waals surface area (Å²) in [5, 5.41) is 13.8. The molecule has 0 unspecified atom stereocenters. The van der Waals surface area contributed by atoms with Crippen LogP contribution in [0.1, 0.15) is 28.4 Å². The first-order chi connectivity index (χ1) is 17.3. The fourth-order valence-electron chi connectivity index (χ4n) is 3.74. The number of hydrogen-bond acceptors (Lipinski definition) is 6. The second-order valence-electron chi connectivity index (χ2n) is 7.86. The number of hydrogen-bond donors (Lipinski definition) is 1. The van der Waals surface area contributed by atoms with E-state index >= 15 is 0 Å². The van der Waals surface area contributed by atoms with Gasteiger partial charge in [-0.15, -0.1) is 0 Å². The van der Waals surface area contributed by atoms with Crippen molar-refractivity contribution in [1.82, 2.24) is 5.32 Å². The lowest BCUT2D eigenvalue weighted by Crippen LogP contribution is -2.49. The molecule has 0 spiro atoms. The number of rotatable bonds is 11. The molecule has 36 heavy (non-hydrogen) atoms. The van der Waals surface area contributed by atoms with Crippen molar-refractivity contribution in [3.05, 3.63) is 82.9 Å². The van der Waals surface area contributed by atoms with Crippen molar-refractivity contribution in [3.63, 3.8) is 0 Å². The Bertz CT molecular complexity index is 1180. The topological polar surface area (TPSA) is 96.9 Å². The number of ether oxygens (including phenoxy) is 3. The Labute approximate surface area is 207 Å². The smallest absolute Gasteiger partial charge is 0.257 e. The van der Waals surface area contributed by atoms with Gasteiger partial charge in [0.15, 0.2) is 0 Å². The highest BCUT2D eigenvalue weighted by molar-refractivity contribution is 5.97. The average molecular weight is 499 g/mol. The number of nitrogens with one attached hydrogen (secondary N) is 1. The van der Waals surface area contributed by atoms with Crippen LogP contribution in [0.2, 0.25) is 0 Å². The third-order valence-electron chi connectivity index (χ3n) is 5.50. The van der Waals surface area contributed by atoms with Crippen molar-refractivity contribution >= 4 is 11.9 Å². The Morgan fingerprint density at radius 2 is 1.53 bits per heavy atom. The minimum absolute atomic E-state index is 0.161. The zero-order chi connectivity index (χ0) is 26.2. The Morgan fingerprint density at radius 1 is 0.944 bits per heavy atom. The van der Waals surface area contributed by atoms with Gasteiger partial charge in [-0.25, -0.2) is 8.78 Å². The van der Waals surface area contributed by atoms with Crippen LogP contribution in [-0.4, -0.2) is 38.7 Å². The van der Waals surface area contributed by atoms with Crippen LogP contribution >= 0.6 is 0 Å². The number of aliphatic carboxylic acids is 1. The number of benzene rings is 3. The number of methoxy groups -OCH3 is 2. The van der Waals surface area contributed by atoms with Gasteiger partial charge in [-0.3, -0.25) is 4.79 Å². The van der Waals surface area contributed by atoms with Crippen LogP contribution in [0.3, 0.4) is 0 Å². The lowest BCUT2D eigenvalue weighted by molar-refractivity contribution is -0.308. The van der Waals surface area contributed by atoms with Crippen molar-refractivity contribution in [2.75, 3.05) is 20.8 Å². The summed E-state index contributed by atoms with van der Waals surface area (Å²) in [7, 11) is 3.09. The molecule has 3 aromatic rings. The first kappa shape index (κ1) is 26.6. The van der Waals surface area contributed by atoms with Crippen molar-refractivity contribution in [2.24, 2.45) is 0 Å². The Morgan fingerprint density at radius 3 is 2.03 bits per heavy atom. The van der Waals surface area contributed by atoms with Crippen molar-refractivity contribution < 1.29 is 37.7 Å². The van der Waals surface area contributed by atoms with Gasteiger partial charge >= 0.3 is 0 Å². The van der Waals surface area contributed by atoms with E-state index in [-0.39, 0.29) is 6.42 Å². The largest absolute Gasteiger partial charge is 0.548 e. The van der Waals surface area contributed by atoms with Crippen LogP contribution in [0.4, 0.5) is 8.78 Å². The van der Waals surface area contributed by atoms with E-state index in [2.05, 4.69) is 5.32 Å². The maximum atomic E-state index is 13.9. The second-order valence-corrected chi connectivity index (χ2v) is 7.86. The van der Waals surface area contributed by atoms with E-state index < -0.39 is 35.1 Å². The van der Waals surface area contributed by atoms with E-state index in [9.17, 15) is 23.5 Å². The maximum Gasteiger partial charge on any atom is 0.257 e. The highest BCUT2D eigenvalue weighted by Gasteiger charge is 2.22. The summed E-state index contributed by atoms with van der Waals surface area (Å²) < 4.78 is 44.4. The molecular weight excluding hydrogens is 472 g/mol. The molecule has 0 saturated carbocycles. The van der Waals surface area contributed by atoms with E-state index in [1.807, 2.05) is 19.1 Å². The van der Waals surface area contributed by atoms with Crippen molar-refractivity contribution in [2.45, 2.75) is 26.0 Å². The van der Waals surface area contributed by atoms with Gasteiger partial charge in [0.2, 0.25) is 0 Å². The Balaban J connectivity index is 1.83. The molecule has 0 fully saturated rings. The number of carboxylic acid groups (broad SMARTS) is 1. The van der Waals surface area contributed by atoms with Crippen LogP contribution in [0, 0.1) is 11.6 Å². The molecule has 1 N–H and O–H groups in total. The van der Waals surface area contributed by atoms with E-state index in [0.29, 0.717) is 35.8 Å². The zero-order valence-electron chi connectivity index (χ0n) is 20.1. The fraction of sp³-hybridized carbons (Fsp3) is 0.259. The Hall–Kier alpha value is -3.98. The summed E-state index contributed by atoms with van der Waals surface area (Å²) in [5.41, 5.74) is 2.02. The molecule has 0 aromatic heterocycles. The third-order valence-corrected chi connectivity index (χ3v) is 5.50. The number of carbonyl (C=O) groups excluding carboxylic acids is 2. The second kappa shape index (κ2) is 12.1. The summed E-state index contributed by atoms with van der Waals surface area (Å²) in [6, 6.07) is 12.0. The minimum atomic E-state index is -1.59. The molecular formula is C27H26F2NO6-. The van der Waals surface area contributed by atoms with Gasteiger partial charge in [-0.05, 0) is 54.3 Å². The third kappa shape index (κ3) is 6.17. The number of carboxylic acids is 1. The molecule has 0 bridgehead atoms. The minimum Gasteiger partial charge on any atom is -0.548 e. The lowest BCUT2D eigenvalue weighted by atomic mass is 9.98. The standard InChI is InChI=1S/C27H27F2NO6/c1-4-36-15-17-13-22(34-2)24(23(14-17)35-3)18-10-8-16(9-11-18)12-21(27(32)33)30-26(31)25-19(28)6-5-7-20(25)29/h5-11,13-14,21H,4,12,15H2,1-3H3,(H,30,31)(H,32,33)/p-1/t21-/m0/s1. The molecule has 0 saturated heterocycles. The molecule has 7 nitrogen and oxygen atoms in total. The molecule has 0 aliphatic rings. The molecule has 1 atom stereocenters. The first-order valence-electron chi connectivity index (χ1n) is 11.2. The predicted molar refractivity (Wildman–Crippen MR) is 127 cm³/mol. The van der Waals surface area contributed by atoms with Gasteiger partial charge in [0, 0.05) is 6.61 Å². The van der Waals surface area contributed by atoms with Crippen molar-refractivity contribution in [3.8, 4) is 22.6 Å². The summed E-state index contributed by atoms with van der Waals surface area (Å²) in [5.74, 6) is -3.81. The van der Waals surface area contributed by atoms with Crippen LogP contribution in [-0.2, 0) is 22.6 Å². The van der Waals surface area contributed by atoms with Crippen LogP contribution < -0.4 is 19.9 Å². The number of carbonyl (C=O) groups is 2. The van der Waals surface area contributed by atoms with Crippen LogP contribution in [0.25, 0.3) is 11.1 Å². The molecule has 0 aliphatic carbocycles. The highest BCUT2D eigenvalue weighted by atomic mass is 19.1. The van der Waals surface area contributed by atoms with Gasteiger partial charge in [-0.2, -0.15) is 0 Å². The lowest BCUT2D eigenvalue weighted by Gasteiger charge is -2.21. The van der Waals surface area contributed by atoms with Crippen LogP contribution in [0.5, 0.6) is 11.5 Å². The van der Waals surface area contributed by atoms with Gasteiger partial charge in [0.25, 0.3) is 5.91 Å². The van der Waals surface area contributed by atoms with E-state index in [0.717, 1.165) is 29.3 Å². The predicted octanol–water partition coefficient (Wildman–Crippen LogP) is 3.28. The van der Waals surface area contributed by atoms with Gasteiger partial charge in [0.1, 0.15) is 28.7 Å². The zero-order valence-corrected chi connectivity index (χ0v) is 20.1. The fourth-order valence-corrected chi connectivity index (χ4v) is 3.74. The summed E-state index contributed by atoms with van der Waals surface area (Å²) in [6.07, 6.45) is -0.161. The van der Waals surface area contributed by atoms with Gasteiger partial charge < -0.3 is 29.4 Å². The summed E-state index contributed by atoms with van der Waals surface area (Å²) >= 11 is 0. The molecule has 190 valence electrons. The maximum absolute atomic E-state index is 13.9. The number of amides is 1. The van der Waals surface area contributed by atoms with E-state index in [1.54, 1.807) is 38.5 Å². The van der Waals surface area contributed by atoms with Crippen LogP contribution in [0.15, 0.2) is 54.6 Å². The summed E-state index contributed by atoms with van der Waals surface area (Å²) in [6.45, 7) is 2.87. The number of halogens is 2. The molecule has 3 rings (SSSR count). The van der Waals surface area contributed by atoms with E-state index in [4.69, 9.17) is 14.2 Å². The van der Waals surface area contributed by atoms with E-state index in [1.165, 1.54) is 0 Å². The first-order valence-corrected chi connectivity index (χ1v) is 11.2. The normalized spacial score (nSPS) is 11.6. The Kier molecular flexibility index (Phi) is 8.97. The summed E-state index contributed by atoms with van der Waals surface area (Å²) in [4.78, 5) is 24.0. The molecule has 1 amide bonds. The SMILES string of the molecule is CCOCc1cc(OC)c(-c2ccc(C[C@H](NC(=O)c3c(F)cccc3F)C(=O)[O-])cc2)c(OC)c1. The monoisotopic (exact) mass is 498 g/mol. The molecule has 0 radical (unpaired) electrons. The highest BCUT2D eigenvalue weighted by Crippen LogP contribution is 2.40. The van der Waals surface area contributed by atoms with Gasteiger partial charge in [-0.1, -0.05) is 30.3 Å². The molecule has 9 heteroatoms. The van der Waals surface area contributed by atoms with Gasteiger partial charge in [0.05, 0.1) is 38.4 Å².